The maximum Gasteiger partial charge on any atom is 0.205 e. The van der Waals surface area contributed by atoms with Gasteiger partial charge in [-0.1, -0.05) is 30.3 Å². The monoisotopic (exact) mass is 252 g/mol. The zero-order valence-corrected chi connectivity index (χ0v) is 10.1. The number of hydrogen-bond donors (Lipinski definition) is 1. The standard InChI is InChI=1S/C13H12N6/c14-7-10-6-12(9-15-8-10)19-17-13(16-18-19)11-4-2-1-3-5-11/h1-6,8-9H,7,14H2. The topological polar surface area (TPSA) is 82.5 Å². The highest BCUT2D eigenvalue weighted by atomic mass is 15.6. The first-order valence-electron chi connectivity index (χ1n) is 5.86. The molecule has 0 saturated carbocycles. The highest BCUT2D eigenvalue weighted by Crippen LogP contribution is 2.13. The molecule has 94 valence electrons. The summed E-state index contributed by atoms with van der Waals surface area (Å²) in [6.45, 7) is 0.432. The molecule has 0 fully saturated rings. The van der Waals surface area contributed by atoms with Crippen molar-refractivity contribution in [2.75, 3.05) is 0 Å². The quantitative estimate of drug-likeness (QED) is 0.757. The van der Waals surface area contributed by atoms with Crippen LogP contribution in [-0.2, 0) is 6.54 Å². The average molecular weight is 252 g/mol. The second-order valence-corrected chi connectivity index (χ2v) is 4.02. The predicted molar refractivity (Wildman–Crippen MR) is 70.3 cm³/mol. The molecule has 6 heteroatoms. The van der Waals surface area contributed by atoms with Gasteiger partial charge in [0.1, 0.15) is 5.69 Å². The lowest BCUT2D eigenvalue weighted by Crippen LogP contribution is -2.03. The van der Waals surface area contributed by atoms with Crippen LogP contribution < -0.4 is 5.73 Å². The van der Waals surface area contributed by atoms with Crippen LogP contribution in [0.4, 0.5) is 0 Å². The molecule has 0 aliphatic heterocycles. The van der Waals surface area contributed by atoms with Crippen LogP contribution in [0, 0.1) is 0 Å². The smallest absolute Gasteiger partial charge is 0.205 e. The number of nitrogens with two attached hydrogens (primary N) is 1. The minimum absolute atomic E-state index is 0.432. The van der Waals surface area contributed by atoms with Crippen molar-refractivity contribution >= 4 is 0 Å². The molecule has 6 nitrogen and oxygen atoms in total. The number of tetrazole rings is 1. The summed E-state index contributed by atoms with van der Waals surface area (Å²) >= 11 is 0. The maximum atomic E-state index is 5.59. The van der Waals surface area contributed by atoms with Crippen molar-refractivity contribution in [2.45, 2.75) is 6.54 Å². The molecule has 1 aromatic carbocycles. The summed E-state index contributed by atoms with van der Waals surface area (Å²) in [6.07, 6.45) is 3.40. The predicted octanol–water partition coefficient (Wildman–Crippen LogP) is 1.18. The van der Waals surface area contributed by atoms with E-state index in [1.807, 2.05) is 36.4 Å². The van der Waals surface area contributed by atoms with Crippen LogP contribution in [0.3, 0.4) is 0 Å². The second kappa shape index (κ2) is 4.95. The molecule has 0 bridgehead atoms. The SMILES string of the molecule is NCc1cncc(-n2nnc(-c3ccccc3)n2)c1. The molecule has 0 aliphatic carbocycles. The second-order valence-electron chi connectivity index (χ2n) is 4.02. The summed E-state index contributed by atoms with van der Waals surface area (Å²) in [6, 6.07) is 11.6. The van der Waals surface area contributed by atoms with Crippen LogP contribution >= 0.6 is 0 Å². The Morgan fingerprint density at radius 2 is 1.95 bits per heavy atom. The zero-order valence-electron chi connectivity index (χ0n) is 10.1. The van der Waals surface area contributed by atoms with Gasteiger partial charge in [-0.3, -0.25) is 4.98 Å². The van der Waals surface area contributed by atoms with Crippen LogP contribution in [0.5, 0.6) is 0 Å². The first-order chi connectivity index (χ1) is 9.36. The van der Waals surface area contributed by atoms with E-state index in [0.717, 1.165) is 16.8 Å². The average Bonchev–Trinajstić information content (AvgIpc) is 2.98. The molecule has 3 rings (SSSR count). The van der Waals surface area contributed by atoms with Gasteiger partial charge in [-0.15, -0.1) is 15.0 Å². The molecule has 0 radical (unpaired) electrons. The third-order valence-electron chi connectivity index (χ3n) is 2.69. The molecule has 2 N–H and O–H groups in total. The van der Waals surface area contributed by atoms with E-state index in [1.165, 1.54) is 4.80 Å². The Bertz CT molecular complexity index is 676. The van der Waals surface area contributed by atoms with Gasteiger partial charge < -0.3 is 5.73 Å². The van der Waals surface area contributed by atoms with Crippen LogP contribution in [0.2, 0.25) is 0 Å². The van der Waals surface area contributed by atoms with Gasteiger partial charge in [-0.2, -0.15) is 0 Å². The Balaban J connectivity index is 1.97. The molecule has 0 aliphatic rings. The lowest BCUT2D eigenvalue weighted by Gasteiger charge is -2.00. The molecule has 3 aromatic rings. The zero-order chi connectivity index (χ0) is 13.1. The molecular formula is C13H12N6. The van der Waals surface area contributed by atoms with Gasteiger partial charge in [-0.25, -0.2) is 0 Å². The summed E-state index contributed by atoms with van der Waals surface area (Å²) in [7, 11) is 0. The van der Waals surface area contributed by atoms with E-state index >= 15 is 0 Å². The lowest BCUT2D eigenvalue weighted by atomic mass is 10.2. The first-order valence-corrected chi connectivity index (χ1v) is 5.86. The first kappa shape index (κ1) is 11.5. The number of nitrogens with zero attached hydrogens (tertiary/aromatic N) is 5. The fraction of sp³-hybridized carbons (Fsp3) is 0.0769. The summed E-state index contributed by atoms with van der Waals surface area (Å²) < 4.78 is 0. The highest BCUT2D eigenvalue weighted by Gasteiger charge is 2.07. The van der Waals surface area contributed by atoms with Gasteiger partial charge in [-0.05, 0) is 16.8 Å². The molecular weight excluding hydrogens is 240 g/mol. The van der Waals surface area contributed by atoms with Crippen molar-refractivity contribution in [3.05, 3.63) is 54.4 Å². The Hall–Kier alpha value is -2.60. The molecule has 0 amide bonds. The van der Waals surface area contributed by atoms with E-state index in [1.54, 1.807) is 12.4 Å². The van der Waals surface area contributed by atoms with E-state index in [9.17, 15) is 0 Å². The van der Waals surface area contributed by atoms with Crippen molar-refractivity contribution in [3.63, 3.8) is 0 Å². The number of aromatic nitrogens is 5. The van der Waals surface area contributed by atoms with E-state index in [-0.39, 0.29) is 0 Å². The third-order valence-corrected chi connectivity index (χ3v) is 2.69. The summed E-state index contributed by atoms with van der Waals surface area (Å²) in [5.41, 5.74) is 8.19. The number of rotatable bonds is 3. The molecule has 19 heavy (non-hydrogen) atoms. The third kappa shape index (κ3) is 2.34. The van der Waals surface area contributed by atoms with E-state index in [0.29, 0.717) is 12.4 Å². The van der Waals surface area contributed by atoms with Gasteiger partial charge in [0.2, 0.25) is 5.82 Å². The van der Waals surface area contributed by atoms with Gasteiger partial charge in [0.05, 0.1) is 6.20 Å². The minimum atomic E-state index is 0.432. The Kier molecular flexibility index (Phi) is 2.99. The van der Waals surface area contributed by atoms with E-state index in [4.69, 9.17) is 5.73 Å². The largest absolute Gasteiger partial charge is 0.326 e. The van der Waals surface area contributed by atoms with Crippen LogP contribution in [0.25, 0.3) is 17.1 Å². The van der Waals surface area contributed by atoms with Crippen molar-refractivity contribution in [1.82, 2.24) is 25.2 Å². The van der Waals surface area contributed by atoms with Gasteiger partial charge >= 0.3 is 0 Å². The van der Waals surface area contributed by atoms with Gasteiger partial charge in [0, 0.05) is 18.3 Å². The Labute approximate surface area is 109 Å². The van der Waals surface area contributed by atoms with Crippen molar-refractivity contribution < 1.29 is 0 Å². The summed E-state index contributed by atoms with van der Waals surface area (Å²) in [4.78, 5) is 5.56. The fourth-order valence-electron chi connectivity index (χ4n) is 1.72. The van der Waals surface area contributed by atoms with E-state index in [2.05, 4.69) is 20.4 Å². The Morgan fingerprint density at radius 3 is 2.74 bits per heavy atom. The van der Waals surface area contributed by atoms with Crippen molar-refractivity contribution in [2.24, 2.45) is 5.73 Å². The molecule has 2 aromatic heterocycles. The number of pyridine rings is 1. The van der Waals surface area contributed by atoms with Crippen molar-refractivity contribution in [1.29, 1.82) is 0 Å². The summed E-state index contributed by atoms with van der Waals surface area (Å²) in [5, 5.41) is 12.4. The molecule has 2 heterocycles. The normalized spacial score (nSPS) is 10.6. The lowest BCUT2D eigenvalue weighted by molar-refractivity contribution is 0.715. The van der Waals surface area contributed by atoms with Crippen LogP contribution in [0.15, 0.2) is 48.8 Å². The molecule has 0 saturated heterocycles. The van der Waals surface area contributed by atoms with Gasteiger partial charge in [0.25, 0.3) is 0 Å². The Morgan fingerprint density at radius 1 is 1.11 bits per heavy atom. The fourth-order valence-corrected chi connectivity index (χ4v) is 1.72. The number of benzene rings is 1. The van der Waals surface area contributed by atoms with E-state index < -0.39 is 0 Å². The molecule has 0 atom stereocenters. The van der Waals surface area contributed by atoms with Gasteiger partial charge in [0.15, 0.2) is 0 Å². The van der Waals surface area contributed by atoms with Crippen LogP contribution in [0.1, 0.15) is 5.56 Å². The molecule has 0 spiro atoms. The molecule has 0 unspecified atom stereocenters. The minimum Gasteiger partial charge on any atom is -0.326 e. The van der Waals surface area contributed by atoms with Crippen LogP contribution in [-0.4, -0.2) is 25.2 Å². The maximum absolute atomic E-state index is 5.59. The highest BCUT2D eigenvalue weighted by molar-refractivity contribution is 5.53. The van der Waals surface area contributed by atoms with Crippen molar-refractivity contribution in [3.8, 4) is 17.1 Å². The summed E-state index contributed by atoms with van der Waals surface area (Å²) in [5.74, 6) is 0.582. The number of hydrogen-bond acceptors (Lipinski definition) is 5.